The molecule has 8 heteroatoms. The predicted molar refractivity (Wildman–Crippen MR) is 98.3 cm³/mol. The van der Waals surface area contributed by atoms with Crippen molar-refractivity contribution in [2.45, 2.75) is 37.9 Å². The first kappa shape index (κ1) is 17.5. The zero-order valence-electron chi connectivity index (χ0n) is 15.4. The van der Waals surface area contributed by atoms with Crippen molar-refractivity contribution < 1.29 is 19.2 Å². The molecular formula is C20H22N4O4. The van der Waals surface area contributed by atoms with Gasteiger partial charge in [-0.05, 0) is 43.5 Å². The topological polar surface area (TPSA) is 98.8 Å². The lowest BCUT2D eigenvalue weighted by Crippen LogP contribution is -2.61. The number of carbonyl (C=O) groups excluding carboxylic acids is 4. The van der Waals surface area contributed by atoms with Crippen molar-refractivity contribution >= 4 is 23.6 Å². The minimum absolute atomic E-state index is 0.125. The fraction of sp³-hybridized carbons (Fsp3) is 0.500. The Morgan fingerprint density at radius 2 is 1.93 bits per heavy atom. The van der Waals surface area contributed by atoms with Crippen LogP contribution in [-0.4, -0.2) is 65.1 Å². The van der Waals surface area contributed by atoms with Gasteiger partial charge in [-0.1, -0.05) is 12.1 Å². The predicted octanol–water partition coefficient (Wildman–Crippen LogP) is -0.118. The summed E-state index contributed by atoms with van der Waals surface area (Å²) in [6, 6.07) is 4.92. The number of hydrogen-bond donors (Lipinski definition) is 2. The molecule has 0 bridgehead atoms. The van der Waals surface area contributed by atoms with Crippen molar-refractivity contribution in [2.24, 2.45) is 5.92 Å². The van der Waals surface area contributed by atoms with Gasteiger partial charge in [-0.25, -0.2) is 0 Å². The summed E-state index contributed by atoms with van der Waals surface area (Å²) in [5.74, 6) is -1.07. The Kier molecular flexibility index (Phi) is 4.06. The Balaban J connectivity index is 1.40. The average molecular weight is 382 g/mol. The third-order valence-corrected chi connectivity index (χ3v) is 6.43. The molecular weight excluding hydrogens is 360 g/mol. The summed E-state index contributed by atoms with van der Waals surface area (Å²) in [5.41, 5.74) is 1.58. The SMILES string of the molecule is O=C1CCC(N2C(=O)c3cccc(CN4CC[C@H]5CN[C@H]5C4)c3C2=O)C(=O)N1. The highest BCUT2D eigenvalue weighted by Crippen LogP contribution is 2.31. The number of imide groups is 2. The van der Waals surface area contributed by atoms with E-state index in [0.29, 0.717) is 23.7 Å². The van der Waals surface area contributed by atoms with Gasteiger partial charge in [-0.3, -0.25) is 34.3 Å². The Morgan fingerprint density at radius 1 is 1.07 bits per heavy atom. The number of piperidine rings is 2. The summed E-state index contributed by atoms with van der Waals surface area (Å²) in [4.78, 5) is 53.0. The number of fused-ring (bicyclic) bond motifs is 2. The Morgan fingerprint density at radius 3 is 2.64 bits per heavy atom. The molecule has 0 aromatic heterocycles. The van der Waals surface area contributed by atoms with E-state index < -0.39 is 23.8 Å². The Labute approximate surface area is 162 Å². The quantitative estimate of drug-likeness (QED) is 0.708. The minimum Gasteiger partial charge on any atom is -0.312 e. The number of likely N-dealkylation sites (tertiary alicyclic amines) is 1. The number of benzene rings is 1. The lowest BCUT2D eigenvalue weighted by Gasteiger charge is -2.46. The monoisotopic (exact) mass is 382 g/mol. The molecule has 1 aromatic rings. The van der Waals surface area contributed by atoms with E-state index in [9.17, 15) is 19.2 Å². The van der Waals surface area contributed by atoms with Gasteiger partial charge in [0, 0.05) is 25.6 Å². The van der Waals surface area contributed by atoms with Crippen molar-refractivity contribution in [3.05, 3.63) is 34.9 Å². The molecule has 0 radical (unpaired) electrons. The van der Waals surface area contributed by atoms with Crippen molar-refractivity contribution in [3.8, 4) is 0 Å². The number of rotatable bonds is 3. The smallest absolute Gasteiger partial charge is 0.262 e. The molecule has 4 heterocycles. The van der Waals surface area contributed by atoms with Gasteiger partial charge in [0.05, 0.1) is 11.1 Å². The van der Waals surface area contributed by atoms with E-state index in [0.717, 1.165) is 42.4 Å². The van der Waals surface area contributed by atoms with Gasteiger partial charge in [-0.2, -0.15) is 0 Å². The summed E-state index contributed by atoms with van der Waals surface area (Å²) in [6.07, 6.45) is 1.44. The van der Waals surface area contributed by atoms with Crippen molar-refractivity contribution in [2.75, 3.05) is 19.6 Å². The highest BCUT2D eigenvalue weighted by atomic mass is 16.2. The second kappa shape index (κ2) is 6.49. The molecule has 1 aromatic carbocycles. The van der Waals surface area contributed by atoms with Crippen LogP contribution in [0.25, 0.3) is 0 Å². The molecule has 1 unspecified atom stereocenters. The number of hydrogen-bond acceptors (Lipinski definition) is 6. The van der Waals surface area contributed by atoms with E-state index in [1.807, 2.05) is 6.07 Å². The standard InChI is InChI=1S/C20H22N4O4/c25-16-5-4-15(18(26)22-16)24-19(27)13-3-1-2-12(17(13)20(24)28)9-23-7-6-11-8-21-14(11)10-23/h1-3,11,14-15,21H,4-10H2,(H,22,25,26)/t11-,14-,15?/m0/s1. The largest absolute Gasteiger partial charge is 0.312 e. The maximum absolute atomic E-state index is 13.1. The van der Waals surface area contributed by atoms with Gasteiger partial charge < -0.3 is 5.32 Å². The summed E-state index contributed by atoms with van der Waals surface area (Å²) < 4.78 is 0. The van der Waals surface area contributed by atoms with E-state index in [4.69, 9.17) is 0 Å². The third-order valence-electron chi connectivity index (χ3n) is 6.43. The molecule has 3 saturated heterocycles. The molecule has 146 valence electrons. The van der Waals surface area contributed by atoms with Crippen LogP contribution in [0, 0.1) is 5.92 Å². The van der Waals surface area contributed by atoms with Crippen LogP contribution in [0.2, 0.25) is 0 Å². The molecule has 3 atom stereocenters. The fourth-order valence-corrected chi connectivity index (χ4v) is 4.79. The highest BCUT2D eigenvalue weighted by Gasteiger charge is 2.45. The molecule has 4 amide bonds. The molecule has 0 saturated carbocycles. The summed E-state index contributed by atoms with van der Waals surface area (Å²) in [7, 11) is 0. The fourth-order valence-electron chi connectivity index (χ4n) is 4.79. The molecule has 5 rings (SSSR count). The van der Waals surface area contributed by atoms with Crippen LogP contribution in [0.5, 0.6) is 0 Å². The van der Waals surface area contributed by atoms with Crippen molar-refractivity contribution in [1.82, 2.24) is 20.4 Å². The van der Waals surface area contributed by atoms with Gasteiger partial charge in [0.2, 0.25) is 11.8 Å². The molecule has 4 aliphatic heterocycles. The van der Waals surface area contributed by atoms with Gasteiger partial charge in [0.1, 0.15) is 6.04 Å². The number of nitrogens with zero attached hydrogens (tertiary/aromatic N) is 2. The van der Waals surface area contributed by atoms with Gasteiger partial charge in [0.15, 0.2) is 0 Å². The molecule has 4 aliphatic rings. The summed E-state index contributed by atoms with van der Waals surface area (Å²) in [6.45, 7) is 3.61. The molecule has 28 heavy (non-hydrogen) atoms. The molecule has 8 nitrogen and oxygen atoms in total. The van der Waals surface area contributed by atoms with Gasteiger partial charge in [0.25, 0.3) is 11.8 Å². The number of nitrogens with one attached hydrogen (secondary N) is 2. The van der Waals surface area contributed by atoms with Crippen LogP contribution in [-0.2, 0) is 16.1 Å². The van der Waals surface area contributed by atoms with E-state index in [1.165, 1.54) is 0 Å². The van der Waals surface area contributed by atoms with Gasteiger partial charge >= 0.3 is 0 Å². The summed E-state index contributed by atoms with van der Waals surface area (Å²) in [5, 5.41) is 5.68. The second-order valence-corrected chi connectivity index (χ2v) is 8.09. The number of amides is 4. The van der Waals surface area contributed by atoms with E-state index >= 15 is 0 Å². The first-order valence-electron chi connectivity index (χ1n) is 9.82. The first-order chi connectivity index (χ1) is 13.5. The van der Waals surface area contributed by atoms with E-state index in [-0.39, 0.29) is 18.7 Å². The lowest BCUT2D eigenvalue weighted by atomic mass is 9.85. The normalized spacial score (nSPS) is 30.0. The van der Waals surface area contributed by atoms with E-state index in [2.05, 4.69) is 15.5 Å². The third kappa shape index (κ3) is 2.67. The zero-order valence-corrected chi connectivity index (χ0v) is 15.4. The van der Waals surface area contributed by atoms with Crippen LogP contribution in [0.4, 0.5) is 0 Å². The highest BCUT2D eigenvalue weighted by molar-refractivity contribution is 6.24. The van der Waals surface area contributed by atoms with Crippen LogP contribution in [0.15, 0.2) is 18.2 Å². The molecule has 0 aliphatic carbocycles. The van der Waals surface area contributed by atoms with Crippen LogP contribution in [0.3, 0.4) is 0 Å². The van der Waals surface area contributed by atoms with Crippen molar-refractivity contribution in [3.63, 3.8) is 0 Å². The second-order valence-electron chi connectivity index (χ2n) is 8.09. The number of carbonyl (C=O) groups is 4. The van der Waals surface area contributed by atoms with Crippen LogP contribution in [0.1, 0.15) is 45.5 Å². The average Bonchev–Trinajstić information content (AvgIpc) is 2.90. The molecule has 3 fully saturated rings. The van der Waals surface area contributed by atoms with E-state index in [1.54, 1.807) is 12.1 Å². The molecule has 0 spiro atoms. The Bertz CT molecular complexity index is 898. The summed E-state index contributed by atoms with van der Waals surface area (Å²) >= 11 is 0. The van der Waals surface area contributed by atoms with Gasteiger partial charge in [-0.15, -0.1) is 0 Å². The van der Waals surface area contributed by atoms with Crippen LogP contribution < -0.4 is 10.6 Å². The maximum atomic E-state index is 13.1. The van der Waals surface area contributed by atoms with Crippen molar-refractivity contribution in [1.29, 1.82) is 0 Å². The lowest BCUT2D eigenvalue weighted by molar-refractivity contribution is -0.136. The van der Waals surface area contributed by atoms with Crippen LogP contribution >= 0.6 is 0 Å². The molecule has 2 N–H and O–H groups in total. The zero-order chi connectivity index (χ0) is 19.4. The first-order valence-corrected chi connectivity index (χ1v) is 9.82. The maximum Gasteiger partial charge on any atom is 0.262 e. The Hall–Kier alpha value is -2.58. The minimum atomic E-state index is -0.923.